The Labute approximate surface area is 184 Å². The average molecular weight is 449 g/mol. The zero-order valence-electron chi connectivity index (χ0n) is 17.0. The van der Waals surface area contributed by atoms with Crippen LogP contribution in [0.25, 0.3) is 0 Å². The Morgan fingerprint density at radius 1 is 0.903 bits per heavy atom. The second kappa shape index (κ2) is 8.93. The third-order valence-corrected chi connectivity index (χ3v) is 6.40. The first kappa shape index (κ1) is 21.7. The van der Waals surface area contributed by atoms with E-state index in [1.165, 1.54) is 35.2 Å². The van der Waals surface area contributed by atoms with E-state index in [0.717, 1.165) is 5.56 Å². The molecule has 8 heteroatoms. The van der Waals surface area contributed by atoms with Gasteiger partial charge in [0.25, 0.3) is 5.91 Å². The van der Waals surface area contributed by atoms with Gasteiger partial charge in [-0.1, -0.05) is 23.7 Å². The van der Waals surface area contributed by atoms with Crippen molar-refractivity contribution in [2.75, 3.05) is 39.4 Å². The first-order valence-corrected chi connectivity index (χ1v) is 10.7. The Balaban J connectivity index is 1.49. The molecular formula is C23H23ClF2N2O3. The molecule has 0 unspecified atom stereocenters. The van der Waals surface area contributed by atoms with Gasteiger partial charge in [0.05, 0.1) is 11.0 Å². The van der Waals surface area contributed by atoms with Gasteiger partial charge in [-0.05, 0) is 48.7 Å². The van der Waals surface area contributed by atoms with E-state index in [1.54, 1.807) is 17.0 Å². The molecule has 0 N–H and O–H groups in total. The Kier molecular flexibility index (Phi) is 6.25. The van der Waals surface area contributed by atoms with Crippen LogP contribution >= 0.6 is 11.6 Å². The van der Waals surface area contributed by atoms with Crippen molar-refractivity contribution in [2.24, 2.45) is 0 Å². The minimum Gasteiger partial charge on any atom is -0.381 e. The summed E-state index contributed by atoms with van der Waals surface area (Å²) < 4.78 is 33.0. The van der Waals surface area contributed by atoms with Crippen LogP contribution in [0, 0.1) is 11.6 Å². The number of hydrogen-bond donors (Lipinski definition) is 0. The maximum Gasteiger partial charge on any atom is 0.257 e. The first-order chi connectivity index (χ1) is 14.9. The standard InChI is InChI=1S/C23H23ClF2N2O3/c24-17-3-6-20(26)19(15-17)21(29)27-9-11-28(12-10-27)22(30)23(7-13-31-14-8-23)16-1-4-18(25)5-2-16/h1-6,15H,7-14H2. The number of carbonyl (C=O) groups is 2. The van der Waals surface area contributed by atoms with Gasteiger partial charge in [0.2, 0.25) is 5.91 Å². The van der Waals surface area contributed by atoms with E-state index in [0.29, 0.717) is 57.3 Å². The molecule has 2 aromatic carbocycles. The normalized spacial score (nSPS) is 18.7. The zero-order valence-corrected chi connectivity index (χ0v) is 17.7. The van der Waals surface area contributed by atoms with Gasteiger partial charge in [-0.3, -0.25) is 9.59 Å². The predicted molar refractivity (Wildman–Crippen MR) is 112 cm³/mol. The molecule has 2 heterocycles. The highest BCUT2D eigenvalue weighted by molar-refractivity contribution is 6.31. The minimum atomic E-state index is -0.767. The number of carbonyl (C=O) groups excluding carboxylic acids is 2. The molecule has 0 saturated carbocycles. The van der Waals surface area contributed by atoms with Crippen molar-refractivity contribution in [1.29, 1.82) is 0 Å². The molecule has 31 heavy (non-hydrogen) atoms. The van der Waals surface area contributed by atoms with Gasteiger partial charge in [-0.2, -0.15) is 0 Å². The molecule has 4 rings (SSSR count). The van der Waals surface area contributed by atoms with E-state index in [-0.39, 0.29) is 17.3 Å². The van der Waals surface area contributed by atoms with Gasteiger partial charge in [0, 0.05) is 44.4 Å². The third kappa shape index (κ3) is 4.29. The molecule has 0 spiro atoms. The molecule has 0 radical (unpaired) electrons. The number of benzene rings is 2. The van der Waals surface area contributed by atoms with E-state index >= 15 is 0 Å². The second-order valence-corrected chi connectivity index (χ2v) is 8.35. The summed E-state index contributed by atoms with van der Waals surface area (Å²) in [5, 5.41) is 0.291. The number of rotatable bonds is 3. The van der Waals surface area contributed by atoms with Crippen LogP contribution in [0.15, 0.2) is 42.5 Å². The maximum atomic E-state index is 14.1. The van der Waals surface area contributed by atoms with E-state index in [2.05, 4.69) is 0 Å². The third-order valence-electron chi connectivity index (χ3n) is 6.17. The number of halogens is 3. The van der Waals surface area contributed by atoms with Crippen LogP contribution in [0.4, 0.5) is 8.78 Å². The van der Waals surface area contributed by atoms with Crippen molar-refractivity contribution in [1.82, 2.24) is 9.80 Å². The molecule has 0 bridgehead atoms. The van der Waals surface area contributed by atoms with Gasteiger partial charge >= 0.3 is 0 Å². The smallest absolute Gasteiger partial charge is 0.257 e. The highest BCUT2D eigenvalue weighted by atomic mass is 35.5. The predicted octanol–water partition coefficient (Wildman–Crippen LogP) is 3.65. The van der Waals surface area contributed by atoms with E-state index < -0.39 is 17.1 Å². The van der Waals surface area contributed by atoms with Crippen LogP contribution in [-0.2, 0) is 14.9 Å². The van der Waals surface area contributed by atoms with Crippen LogP contribution in [0.5, 0.6) is 0 Å². The summed E-state index contributed by atoms with van der Waals surface area (Å²) in [6, 6.07) is 9.97. The van der Waals surface area contributed by atoms with Gasteiger partial charge in [-0.15, -0.1) is 0 Å². The fourth-order valence-corrected chi connectivity index (χ4v) is 4.53. The summed E-state index contributed by atoms with van der Waals surface area (Å²) in [7, 11) is 0. The molecule has 0 atom stereocenters. The fraction of sp³-hybridized carbons (Fsp3) is 0.391. The molecule has 2 aromatic rings. The molecule has 2 saturated heterocycles. The van der Waals surface area contributed by atoms with Gasteiger partial charge < -0.3 is 14.5 Å². The number of amides is 2. The van der Waals surface area contributed by atoms with Crippen molar-refractivity contribution >= 4 is 23.4 Å². The second-order valence-electron chi connectivity index (χ2n) is 7.91. The summed E-state index contributed by atoms with van der Waals surface area (Å²) in [5.41, 5.74) is -0.0572. The van der Waals surface area contributed by atoms with Gasteiger partial charge in [0.1, 0.15) is 11.6 Å². The summed E-state index contributed by atoms with van der Waals surface area (Å²) >= 11 is 5.91. The van der Waals surface area contributed by atoms with Crippen LogP contribution in [0.3, 0.4) is 0 Å². The lowest BCUT2D eigenvalue weighted by molar-refractivity contribution is -0.142. The van der Waals surface area contributed by atoms with Crippen LogP contribution in [0.2, 0.25) is 5.02 Å². The lowest BCUT2D eigenvalue weighted by Crippen LogP contribution is -2.56. The van der Waals surface area contributed by atoms with E-state index in [1.807, 2.05) is 0 Å². The zero-order chi connectivity index (χ0) is 22.0. The molecule has 2 amide bonds. The molecule has 0 aliphatic carbocycles. The summed E-state index contributed by atoms with van der Waals surface area (Å²) in [4.78, 5) is 29.6. The molecule has 2 aliphatic heterocycles. The van der Waals surface area contributed by atoms with E-state index in [4.69, 9.17) is 16.3 Å². The Morgan fingerprint density at radius 3 is 2.16 bits per heavy atom. The van der Waals surface area contributed by atoms with Gasteiger partial charge in [-0.25, -0.2) is 8.78 Å². The van der Waals surface area contributed by atoms with Crippen molar-refractivity contribution in [3.63, 3.8) is 0 Å². The Hall–Kier alpha value is -2.51. The average Bonchev–Trinajstić information content (AvgIpc) is 2.80. The summed E-state index contributed by atoms with van der Waals surface area (Å²) in [5.74, 6) is -1.45. The minimum absolute atomic E-state index is 0.0385. The van der Waals surface area contributed by atoms with Crippen molar-refractivity contribution < 1.29 is 23.1 Å². The quantitative estimate of drug-likeness (QED) is 0.720. The summed E-state index contributed by atoms with van der Waals surface area (Å²) in [6.07, 6.45) is 1.04. The molecule has 2 aliphatic rings. The molecule has 2 fully saturated rings. The number of nitrogens with zero attached hydrogens (tertiary/aromatic N) is 2. The van der Waals surface area contributed by atoms with Crippen LogP contribution in [-0.4, -0.2) is 61.0 Å². The SMILES string of the molecule is O=C(c1cc(Cl)ccc1F)N1CCN(C(=O)C2(c3ccc(F)cc3)CCOCC2)CC1. The number of hydrogen-bond acceptors (Lipinski definition) is 3. The number of ether oxygens (including phenoxy) is 1. The summed E-state index contributed by atoms with van der Waals surface area (Å²) in [6.45, 7) is 2.19. The van der Waals surface area contributed by atoms with Crippen molar-refractivity contribution in [2.45, 2.75) is 18.3 Å². The first-order valence-electron chi connectivity index (χ1n) is 10.3. The van der Waals surface area contributed by atoms with Gasteiger partial charge in [0.15, 0.2) is 0 Å². The monoisotopic (exact) mass is 448 g/mol. The Bertz CT molecular complexity index is 969. The topological polar surface area (TPSA) is 49.9 Å². The molecule has 164 valence electrons. The fourth-order valence-electron chi connectivity index (χ4n) is 4.36. The van der Waals surface area contributed by atoms with Crippen molar-refractivity contribution in [3.8, 4) is 0 Å². The lowest BCUT2D eigenvalue weighted by Gasteiger charge is -2.43. The largest absolute Gasteiger partial charge is 0.381 e. The molecular weight excluding hydrogens is 426 g/mol. The Morgan fingerprint density at radius 2 is 1.52 bits per heavy atom. The highest BCUT2D eigenvalue weighted by Gasteiger charge is 2.44. The van der Waals surface area contributed by atoms with E-state index in [9.17, 15) is 18.4 Å². The molecule has 5 nitrogen and oxygen atoms in total. The van der Waals surface area contributed by atoms with Crippen LogP contribution in [0.1, 0.15) is 28.8 Å². The van der Waals surface area contributed by atoms with Crippen molar-refractivity contribution in [3.05, 3.63) is 70.2 Å². The molecule has 0 aromatic heterocycles. The van der Waals surface area contributed by atoms with Crippen LogP contribution < -0.4 is 0 Å². The maximum absolute atomic E-state index is 14.1. The highest BCUT2D eigenvalue weighted by Crippen LogP contribution is 2.37. The number of piperazine rings is 1. The lowest BCUT2D eigenvalue weighted by atomic mass is 9.73.